The molecule has 0 aromatic heterocycles. The summed E-state index contributed by atoms with van der Waals surface area (Å²) in [6, 6.07) is 0.289. The predicted octanol–water partition coefficient (Wildman–Crippen LogP) is 2.52. The highest BCUT2D eigenvalue weighted by Crippen LogP contribution is 2.27. The van der Waals surface area contributed by atoms with E-state index in [0.29, 0.717) is 18.9 Å². The van der Waals surface area contributed by atoms with Gasteiger partial charge in [0.1, 0.15) is 0 Å². The van der Waals surface area contributed by atoms with E-state index in [1.165, 1.54) is 32.1 Å². The zero-order chi connectivity index (χ0) is 16.7. The van der Waals surface area contributed by atoms with Crippen molar-refractivity contribution in [3.63, 3.8) is 0 Å². The molecule has 2 rings (SSSR count). The summed E-state index contributed by atoms with van der Waals surface area (Å²) in [7, 11) is 0. The van der Waals surface area contributed by atoms with Crippen LogP contribution in [0.3, 0.4) is 0 Å². The minimum atomic E-state index is 0. The molecule has 0 radical (unpaired) electrons. The van der Waals surface area contributed by atoms with E-state index < -0.39 is 0 Å². The zero-order valence-corrected chi connectivity index (χ0v) is 15.7. The van der Waals surface area contributed by atoms with Crippen LogP contribution in [0.5, 0.6) is 0 Å². The summed E-state index contributed by atoms with van der Waals surface area (Å²) in [5.41, 5.74) is 5.54. The molecule has 0 spiro atoms. The molecular weight excluding hydrogens is 326 g/mol. The Morgan fingerprint density at radius 1 is 1.04 bits per heavy atom. The van der Waals surface area contributed by atoms with Gasteiger partial charge in [0.25, 0.3) is 0 Å². The summed E-state index contributed by atoms with van der Waals surface area (Å²) in [4.78, 5) is 24.3. The summed E-state index contributed by atoms with van der Waals surface area (Å²) in [6.45, 7) is 2.40. The van der Waals surface area contributed by atoms with Crippen LogP contribution < -0.4 is 16.4 Å². The maximum atomic E-state index is 12.2. The molecule has 2 saturated carbocycles. The van der Waals surface area contributed by atoms with Crippen molar-refractivity contribution < 1.29 is 9.59 Å². The second-order valence-corrected chi connectivity index (χ2v) is 7.47. The molecule has 140 valence electrons. The van der Waals surface area contributed by atoms with Gasteiger partial charge >= 0.3 is 0 Å². The first-order valence-corrected chi connectivity index (χ1v) is 9.38. The summed E-state index contributed by atoms with van der Waals surface area (Å²) in [5.74, 6) is 0.996. The second kappa shape index (κ2) is 10.9. The van der Waals surface area contributed by atoms with Gasteiger partial charge in [0.2, 0.25) is 11.8 Å². The number of rotatable bonds is 6. The van der Waals surface area contributed by atoms with Crippen molar-refractivity contribution in [1.29, 1.82) is 0 Å². The lowest BCUT2D eigenvalue weighted by atomic mass is 9.84. The number of amides is 2. The largest absolute Gasteiger partial charge is 0.353 e. The minimum absolute atomic E-state index is 0. The van der Waals surface area contributed by atoms with E-state index in [9.17, 15) is 9.59 Å². The Kier molecular flexibility index (Phi) is 9.67. The van der Waals surface area contributed by atoms with Crippen LogP contribution in [0.2, 0.25) is 0 Å². The Morgan fingerprint density at radius 2 is 1.67 bits per heavy atom. The first kappa shape index (κ1) is 21.2. The van der Waals surface area contributed by atoms with E-state index in [1.807, 2.05) is 6.92 Å². The van der Waals surface area contributed by atoms with Gasteiger partial charge in [-0.1, -0.05) is 19.3 Å². The van der Waals surface area contributed by atoms with Gasteiger partial charge < -0.3 is 16.4 Å². The van der Waals surface area contributed by atoms with Crippen LogP contribution in [-0.4, -0.2) is 30.4 Å². The predicted molar refractivity (Wildman–Crippen MR) is 99.0 cm³/mol. The third-order valence-electron chi connectivity index (χ3n) is 5.40. The number of carbonyl (C=O) groups is 2. The fourth-order valence-corrected chi connectivity index (χ4v) is 3.86. The average Bonchev–Trinajstić information content (AvgIpc) is 2.56. The molecule has 24 heavy (non-hydrogen) atoms. The Morgan fingerprint density at radius 3 is 2.25 bits per heavy atom. The van der Waals surface area contributed by atoms with Gasteiger partial charge in [0.05, 0.1) is 0 Å². The Labute approximate surface area is 152 Å². The first-order chi connectivity index (χ1) is 11.1. The molecule has 0 saturated heterocycles. The fraction of sp³-hybridized carbons (Fsp3) is 0.889. The number of hydrogen-bond donors (Lipinski definition) is 3. The molecule has 0 aromatic carbocycles. The third kappa shape index (κ3) is 6.98. The summed E-state index contributed by atoms with van der Waals surface area (Å²) < 4.78 is 0. The highest BCUT2D eigenvalue weighted by Gasteiger charge is 2.28. The van der Waals surface area contributed by atoms with Crippen LogP contribution in [0.25, 0.3) is 0 Å². The molecule has 4 N–H and O–H groups in total. The quantitative estimate of drug-likeness (QED) is 0.681. The van der Waals surface area contributed by atoms with Gasteiger partial charge in [-0.25, -0.2) is 0 Å². The van der Waals surface area contributed by atoms with Crippen LogP contribution in [0, 0.1) is 11.8 Å². The average molecular weight is 360 g/mol. The van der Waals surface area contributed by atoms with Crippen LogP contribution in [-0.2, 0) is 9.59 Å². The fourth-order valence-electron chi connectivity index (χ4n) is 3.86. The van der Waals surface area contributed by atoms with E-state index in [1.54, 1.807) is 0 Å². The lowest BCUT2D eigenvalue weighted by molar-refractivity contribution is -0.126. The standard InChI is InChI=1S/C18H33N3O2.ClH/c1-13(12-19)20-18(23)15-7-9-16(10-8-15)21-17(22)11-14-5-3-2-4-6-14;/h13-16H,2-12,19H2,1H3,(H,20,23)(H,21,22);1H/t13-,15?,16?;/m0./s1. The smallest absolute Gasteiger partial charge is 0.223 e. The second-order valence-electron chi connectivity index (χ2n) is 7.47. The van der Waals surface area contributed by atoms with Gasteiger partial charge in [-0.05, 0) is 51.4 Å². The molecule has 2 aliphatic carbocycles. The maximum Gasteiger partial charge on any atom is 0.223 e. The molecule has 2 amide bonds. The SMILES string of the molecule is C[C@@H](CN)NC(=O)C1CCC(NC(=O)CC2CCCCC2)CC1.Cl. The van der Waals surface area contributed by atoms with Crippen molar-refractivity contribution >= 4 is 24.2 Å². The van der Waals surface area contributed by atoms with Crippen molar-refractivity contribution in [3.05, 3.63) is 0 Å². The molecule has 2 aliphatic rings. The summed E-state index contributed by atoms with van der Waals surface area (Å²) >= 11 is 0. The zero-order valence-electron chi connectivity index (χ0n) is 14.9. The van der Waals surface area contributed by atoms with Gasteiger partial charge in [0.15, 0.2) is 0 Å². The molecule has 0 aliphatic heterocycles. The van der Waals surface area contributed by atoms with Crippen molar-refractivity contribution in [2.24, 2.45) is 17.6 Å². The topological polar surface area (TPSA) is 84.2 Å². The highest BCUT2D eigenvalue weighted by molar-refractivity contribution is 5.85. The van der Waals surface area contributed by atoms with Crippen LogP contribution in [0.15, 0.2) is 0 Å². The Bertz CT molecular complexity index is 392. The molecule has 0 aromatic rings. The number of hydrogen-bond acceptors (Lipinski definition) is 3. The van der Waals surface area contributed by atoms with E-state index >= 15 is 0 Å². The number of carbonyl (C=O) groups excluding carboxylic acids is 2. The minimum Gasteiger partial charge on any atom is -0.353 e. The summed E-state index contributed by atoms with van der Waals surface area (Å²) in [6.07, 6.45) is 10.5. The Balaban J connectivity index is 0.00000288. The van der Waals surface area contributed by atoms with Crippen molar-refractivity contribution in [2.45, 2.75) is 83.2 Å². The van der Waals surface area contributed by atoms with Crippen molar-refractivity contribution in [1.82, 2.24) is 10.6 Å². The molecule has 1 atom stereocenters. The third-order valence-corrected chi connectivity index (χ3v) is 5.40. The number of halogens is 1. The molecule has 2 fully saturated rings. The van der Waals surface area contributed by atoms with E-state index in [2.05, 4.69) is 10.6 Å². The Hall–Kier alpha value is -0.810. The van der Waals surface area contributed by atoms with E-state index in [0.717, 1.165) is 25.7 Å². The first-order valence-electron chi connectivity index (χ1n) is 9.38. The number of nitrogens with two attached hydrogens (primary N) is 1. The van der Waals surface area contributed by atoms with Gasteiger partial charge in [0, 0.05) is 31.0 Å². The summed E-state index contributed by atoms with van der Waals surface area (Å²) in [5, 5.41) is 6.14. The van der Waals surface area contributed by atoms with Crippen LogP contribution in [0.1, 0.15) is 71.1 Å². The van der Waals surface area contributed by atoms with Crippen LogP contribution >= 0.6 is 12.4 Å². The van der Waals surface area contributed by atoms with Crippen molar-refractivity contribution in [3.8, 4) is 0 Å². The van der Waals surface area contributed by atoms with Crippen molar-refractivity contribution in [2.75, 3.05) is 6.54 Å². The van der Waals surface area contributed by atoms with Crippen LogP contribution in [0.4, 0.5) is 0 Å². The van der Waals surface area contributed by atoms with Gasteiger partial charge in [-0.3, -0.25) is 9.59 Å². The molecule has 0 heterocycles. The lowest BCUT2D eigenvalue weighted by Gasteiger charge is -2.30. The molecule has 0 bridgehead atoms. The highest BCUT2D eigenvalue weighted by atomic mass is 35.5. The monoisotopic (exact) mass is 359 g/mol. The van der Waals surface area contributed by atoms with Gasteiger partial charge in [-0.15, -0.1) is 12.4 Å². The molecule has 5 nitrogen and oxygen atoms in total. The maximum absolute atomic E-state index is 12.2. The van der Waals surface area contributed by atoms with E-state index in [4.69, 9.17) is 5.73 Å². The molecular formula is C18H34ClN3O2. The molecule has 0 unspecified atom stereocenters. The lowest BCUT2D eigenvalue weighted by Crippen LogP contribution is -2.44. The van der Waals surface area contributed by atoms with Gasteiger partial charge in [-0.2, -0.15) is 0 Å². The molecule has 6 heteroatoms. The van der Waals surface area contributed by atoms with E-state index in [-0.39, 0.29) is 42.2 Å². The normalized spacial score (nSPS) is 26.1. The number of nitrogens with one attached hydrogen (secondary N) is 2.